The molecule has 0 radical (unpaired) electrons. The summed E-state index contributed by atoms with van der Waals surface area (Å²) in [6, 6.07) is 39.6. The molecule has 1 aliphatic carbocycles. The van der Waals surface area contributed by atoms with E-state index in [2.05, 4.69) is 106 Å². The Morgan fingerprint density at radius 3 is 2.16 bits per heavy atom. The van der Waals surface area contributed by atoms with Crippen LogP contribution in [0.5, 0.6) is 0 Å². The fraction of sp³-hybridized carbons (Fsp3) is 0.282. The summed E-state index contributed by atoms with van der Waals surface area (Å²) in [4.78, 5) is 23.2. The molecule has 1 amide bonds. The van der Waals surface area contributed by atoms with E-state index < -0.39 is 5.60 Å². The molecule has 0 atom stereocenters. The number of anilines is 1. The quantitative estimate of drug-likeness (QED) is 0.170. The maximum atomic E-state index is 13.4. The minimum atomic E-state index is -0.801. The Bertz CT molecular complexity index is 1720. The standard InChI is InChI=1S/C39H40N4O2/c44-38(40-24-22-30-12-2-1-3-13-30)45-39(34-17-7-5-15-32(34)33-16-6-8-18-35(33)39)23-10-11-25-42-26-28-43(29-27-42)37-21-20-31-14-4-9-19-36(31)41-37/h1-9,12-21H,10-11,22-29H2,(H,40,44). The molecule has 6 nitrogen and oxygen atoms in total. The minimum absolute atomic E-state index is 0.365. The number of carbonyl (C=O) groups is 1. The number of nitrogens with one attached hydrogen (secondary N) is 1. The summed E-state index contributed by atoms with van der Waals surface area (Å²) < 4.78 is 6.50. The van der Waals surface area contributed by atoms with Gasteiger partial charge in [0.15, 0.2) is 5.60 Å². The van der Waals surface area contributed by atoms with Gasteiger partial charge in [0.05, 0.1) is 5.52 Å². The van der Waals surface area contributed by atoms with Gasteiger partial charge in [-0.15, -0.1) is 0 Å². The molecule has 1 saturated heterocycles. The third-order valence-corrected chi connectivity index (χ3v) is 9.34. The van der Waals surface area contributed by atoms with E-state index in [4.69, 9.17) is 9.72 Å². The average molecular weight is 597 g/mol. The molecule has 1 aromatic heterocycles. The van der Waals surface area contributed by atoms with E-state index in [0.717, 1.165) is 92.0 Å². The molecule has 7 rings (SSSR count). The van der Waals surface area contributed by atoms with E-state index >= 15 is 0 Å². The predicted octanol–water partition coefficient (Wildman–Crippen LogP) is 7.42. The third kappa shape index (κ3) is 6.16. The first-order valence-corrected chi connectivity index (χ1v) is 16.2. The fourth-order valence-electron chi connectivity index (χ4n) is 7.00. The van der Waals surface area contributed by atoms with Crippen LogP contribution in [0.1, 0.15) is 36.0 Å². The van der Waals surface area contributed by atoms with Crippen molar-refractivity contribution in [2.75, 3.05) is 44.2 Å². The number of piperazine rings is 1. The smallest absolute Gasteiger partial charge is 0.408 e. The number of para-hydroxylation sites is 1. The minimum Gasteiger partial charge on any atom is -0.433 e. The summed E-state index contributed by atoms with van der Waals surface area (Å²) in [6.07, 6.45) is 3.14. The summed E-state index contributed by atoms with van der Waals surface area (Å²) in [5.74, 6) is 1.06. The molecule has 0 unspecified atom stereocenters. The Balaban J connectivity index is 0.990. The van der Waals surface area contributed by atoms with E-state index in [1.54, 1.807) is 0 Å². The molecule has 1 N–H and O–H groups in total. The molecule has 1 fully saturated rings. The Morgan fingerprint density at radius 1 is 0.733 bits per heavy atom. The van der Waals surface area contributed by atoms with Crippen LogP contribution < -0.4 is 10.2 Å². The number of rotatable bonds is 10. The van der Waals surface area contributed by atoms with Gasteiger partial charge in [0.25, 0.3) is 0 Å². The number of amides is 1. The van der Waals surface area contributed by atoms with Gasteiger partial charge in [-0.1, -0.05) is 97.1 Å². The van der Waals surface area contributed by atoms with Crippen LogP contribution in [-0.2, 0) is 16.8 Å². The summed E-state index contributed by atoms with van der Waals surface area (Å²) in [5.41, 5.74) is 5.92. The fourth-order valence-corrected chi connectivity index (χ4v) is 7.00. The van der Waals surface area contributed by atoms with E-state index in [0.29, 0.717) is 6.54 Å². The van der Waals surface area contributed by atoms with Crippen LogP contribution in [0.2, 0.25) is 0 Å². The summed E-state index contributed by atoms with van der Waals surface area (Å²) in [5, 5.41) is 4.21. The highest BCUT2D eigenvalue weighted by Crippen LogP contribution is 2.52. The highest BCUT2D eigenvalue weighted by Gasteiger charge is 2.46. The second-order valence-electron chi connectivity index (χ2n) is 12.1. The number of alkyl carbamates (subject to hydrolysis) is 1. The highest BCUT2D eigenvalue weighted by atomic mass is 16.6. The Morgan fingerprint density at radius 2 is 1.40 bits per heavy atom. The zero-order valence-electron chi connectivity index (χ0n) is 25.7. The van der Waals surface area contributed by atoms with Gasteiger partial charge in [0.1, 0.15) is 5.82 Å². The Hall–Kier alpha value is -4.68. The first-order valence-electron chi connectivity index (χ1n) is 16.2. The normalized spacial score (nSPS) is 15.4. The lowest BCUT2D eigenvalue weighted by Crippen LogP contribution is -2.47. The van der Waals surface area contributed by atoms with Crippen LogP contribution in [0.3, 0.4) is 0 Å². The molecule has 1 aliphatic heterocycles. The van der Waals surface area contributed by atoms with Crippen LogP contribution in [0, 0.1) is 0 Å². The van der Waals surface area contributed by atoms with Crippen molar-refractivity contribution in [3.8, 4) is 11.1 Å². The number of nitrogens with zero attached hydrogens (tertiary/aromatic N) is 3. The van der Waals surface area contributed by atoms with Gasteiger partial charge in [0, 0.05) is 49.2 Å². The molecule has 5 aromatic rings. The molecule has 2 aliphatic rings. The molecule has 0 bridgehead atoms. The molecular weight excluding hydrogens is 556 g/mol. The second kappa shape index (κ2) is 13.1. The molecule has 0 saturated carbocycles. The number of carbonyl (C=O) groups excluding carboxylic acids is 1. The second-order valence-corrected chi connectivity index (χ2v) is 12.1. The zero-order chi connectivity index (χ0) is 30.5. The van der Waals surface area contributed by atoms with E-state index in [1.807, 2.05) is 24.3 Å². The van der Waals surface area contributed by atoms with Gasteiger partial charge < -0.3 is 15.0 Å². The first kappa shape index (κ1) is 29.1. The van der Waals surface area contributed by atoms with Crippen molar-refractivity contribution in [2.45, 2.75) is 31.3 Å². The summed E-state index contributed by atoms with van der Waals surface area (Å²) in [7, 11) is 0. The maximum Gasteiger partial charge on any atom is 0.408 e. The van der Waals surface area contributed by atoms with Crippen molar-refractivity contribution in [1.29, 1.82) is 0 Å². The number of hydrogen-bond acceptors (Lipinski definition) is 5. The van der Waals surface area contributed by atoms with E-state index in [9.17, 15) is 4.79 Å². The van der Waals surface area contributed by atoms with Crippen molar-refractivity contribution in [3.63, 3.8) is 0 Å². The lowest BCUT2D eigenvalue weighted by atomic mass is 9.86. The highest BCUT2D eigenvalue weighted by molar-refractivity contribution is 5.82. The van der Waals surface area contributed by atoms with Crippen LogP contribution >= 0.6 is 0 Å². The molecule has 2 heterocycles. The monoisotopic (exact) mass is 596 g/mol. The van der Waals surface area contributed by atoms with Crippen LogP contribution in [0.4, 0.5) is 10.6 Å². The number of hydrogen-bond donors (Lipinski definition) is 1. The van der Waals surface area contributed by atoms with Crippen molar-refractivity contribution in [3.05, 3.63) is 132 Å². The summed E-state index contributed by atoms with van der Waals surface area (Å²) in [6.45, 7) is 5.55. The van der Waals surface area contributed by atoms with Crippen molar-refractivity contribution in [2.24, 2.45) is 0 Å². The van der Waals surface area contributed by atoms with Crippen LogP contribution in [-0.4, -0.2) is 55.2 Å². The molecule has 0 spiro atoms. The lowest BCUT2D eigenvalue weighted by Gasteiger charge is -2.36. The molecule has 4 aromatic carbocycles. The third-order valence-electron chi connectivity index (χ3n) is 9.34. The number of pyridine rings is 1. The first-order chi connectivity index (χ1) is 22.2. The maximum absolute atomic E-state index is 13.4. The van der Waals surface area contributed by atoms with Crippen LogP contribution in [0.15, 0.2) is 115 Å². The summed E-state index contributed by atoms with van der Waals surface area (Å²) >= 11 is 0. The van der Waals surface area contributed by atoms with Gasteiger partial charge in [-0.25, -0.2) is 9.78 Å². The predicted molar refractivity (Wildman–Crippen MR) is 182 cm³/mol. The molecular formula is C39H40N4O2. The van der Waals surface area contributed by atoms with Crippen molar-refractivity contribution in [1.82, 2.24) is 15.2 Å². The van der Waals surface area contributed by atoms with Gasteiger partial charge >= 0.3 is 6.09 Å². The lowest BCUT2D eigenvalue weighted by molar-refractivity contribution is 0.0329. The SMILES string of the molecule is O=C(NCCc1ccccc1)OC1(CCCCN2CCN(c3ccc4ccccc4n3)CC2)c2ccccc2-c2ccccc21. The van der Waals surface area contributed by atoms with Crippen molar-refractivity contribution >= 4 is 22.8 Å². The van der Waals surface area contributed by atoms with Gasteiger partial charge in [-0.3, -0.25) is 4.90 Å². The molecule has 228 valence electrons. The number of benzene rings is 4. The molecule has 45 heavy (non-hydrogen) atoms. The Labute approximate surface area is 265 Å². The van der Waals surface area contributed by atoms with Gasteiger partial charge in [0.2, 0.25) is 0 Å². The van der Waals surface area contributed by atoms with Gasteiger partial charge in [-0.2, -0.15) is 0 Å². The largest absolute Gasteiger partial charge is 0.433 e. The van der Waals surface area contributed by atoms with Crippen LogP contribution in [0.25, 0.3) is 22.0 Å². The van der Waals surface area contributed by atoms with E-state index in [1.165, 1.54) is 10.9 Å². The molecule has 6 heteroatoms. The Kier molecular flexibility index (Phi) is 8.48. The number of aromatic nitrogens is 1. The average Bonchev–Trinajstić information content (AvgIpc) is 3.36. The van der Waals surface area contributed by atoms with Gasteiger partial charge in [-0.05, 0) is 67.1 Å². The zero-order valence-corrected chi connectivity index (χ0v) is 25.7. The topological polar surface area (TPSA) is 57.7 Å². The number of fused-ring (bicyclic) bond motifs is 4. The van der Waals surface area contributed by atoms with E-state index in [-0.39, 0.29) is 6.09 Å². The number of unbranched alkanes of at least 4 members (excludes halogenated alkanes) is 1. The number of ether oxygens (including phenoxy) is 1. The van der Waals surface area contributed by atoms with Crippen molar-refractivity contribution < 1.29 is 9.53 Å².